The van der Waals surface area contributed by atoms with E-state index in [9.17, 15) is 9.59 Å². The third kappa shape index (κ3) is 4.82. The van der Waals surface area contributed by atoms with Crippen molar-refractivity contribution in [1.82, 2.24) is 30.1 Å². The molecule has 6 rings (SSSR count). The first-order chi connectivity index (χ1) is 18.9. The predicted octanol–water partition coefficient (Wildman–Crippen LogP) is 6.48. The maximum Gasteiger partial charge on any atom is 0.224 e. The number of fused-ring (bicyclic) bond motifs is 2. The van der Waals surface area contributed by atoms with Gasteiger partial charge in [0.05, 0.1) is 33.7 Å². The Labute approximate surface area is 227 Å². The van der Waals surface area contributed by atoms with Crippen molar-refractivity contribution in [3.63, 3.8) is 0 Å². The minimum Gasteiger partial charge on any atom is -0.338 e. The molecule has 3 N–H and O–H groups in total. The summed E-state index contributed by atoms with van der Waals surface area (Å²) in [5.74, 6) is 0.273. The molecule has 0 aliphatic carbocycles. The van der Waals surface area contributed by atoms with Gasteiger partial charge in [0.1, 0.15) is 16.9 Å². The Morgan fingerprint density at radius 1 is 1.08 bits per heavy atom. The summed E-state index contributed by atoms with van der Waals surface area (Å²) in [5.41, 5.74) is 6.77. The van der Waals surface area contributed by atoms with Crippen molar-refractivity contribution in [1.29, 1.82) is 0 Å². The number of ketones is 1. The predicted molar refractivity (Wildman–Crippen MR) is 154 cm³/mol. The number of amides is 1. The molecular weight excluding hydrogens is 510 g/mol. The van der Waals surface area contributed by atoms with Crippen molar-refractivity contribution in [3.05, 3.63) is 65.9 Å². The van der Waals surface area contributed by atoms with E-state index < -0.39 is 0 Å². The molecule has 0 aliphatic heterocycles. The minimum absolute atomic E-state index is 0.0451. The number of Topliss-reactive ketones (excluding diaryl/α,β-unsaturated/α-hetero) is 1. The molecule has 0 aliphatic rings. The van der Waals surface area contributed by atoms with Crippen LogP contribution in [0.15, 0.2) is 61.1 Å². The summed E-state index contributed by atoms with van der Waals surface area (Å²) in [6, 6.07) is 13.5. The summed E-state index contributed by atoms with van der Waals surface area (Å²) < 4.78 is 0. The smallest absolute Gasteiger partial charge is 0.224 e. The van der Waals surface area contributed by atoms with Gasteiger partial charge in [0.15, 0.2) is 5.78 Å². The van der Waals surface area contributed by atoms with Crippen LogP contribution in [0.1, 0.15) is 36.9 Å². The Morgan fingerprint density at radius 3 is 2.74 bits per heavy atom. The van der Waals surface area contributed by atoms with E-state index in [1.54, 1.807) is 25.5 Å². The highest BCUT2D eigenvalue weighted by Crippen LogP contribution is 2.36. The van der Waals surface area contributed by atoms with Gasteiger partial charge in [-0.1, -0.05) is 13.8 Å². The third-order valence-electron chi connectivity index (χ3n) is 6.32. The van der Waals surface area contributed by atoms with Gasteiger partial charge in [-0.25, -0.2) is 9.97 Å². The van der Waals surface area contributed by atoms with Crippen LogP contribution in [0.3, 0.4) is 0 Å². The Bertz CT molecular complexity index is 1860. The first kappa shape index (κ1) is 24.6. The van der Waals surface area contributed by atoms with E-state index in [1.807, 2.05) is 56.3 Å². The maximum atomic E-state index is 12.2. The second kappa shape index (κ2) is 9.88. The molecular formula is C29H25N7O2S. The van der Waals surface area contributed by atoms with E-state index in [0.29, 0.717) is 29.0 Å². The zero-order chi connectivity index (χ0) is 27.1. The number of carbonyl (C=O) groups is 2. The second-order valence-corrected chi connectivity index (χ2v) is 10.9. The summed E-state index contributed by atoms with van der Waals surface area (Å²) in [6.45, 7) is 5.59. The quantitative estimate of drug-likeness (QED) is 0.201. The molecule has 0 spiro atoms. The number of anilines is 1. The molecule has 10 heteroatoms. The Kier molecular flexibility index (Phi) is 6.24. The van der Waals surface area contributed by atoms with Gasteiger partial charge < -0.3 is 10.3 Å². The number of nitrogens with one attached hydrogen (secondary N) is 3. The monoisotopic (exact) mass is 535 g/mol. The van der Waals surface area contributed by atoms with Gasteiger partial charge in [0.25, 0.3) is 0 Å². The van der Waals surface area contributed by atoms with Crippen LogP contribution in [-0.2, 0) is 4.79 Å². The third-order valence-corrected chi connectivity index (χ3v) is 7.54. The van der Waals surface area contributed by atoms with E-state index in [2.05, 4.69) is 30.5 Å². The second-order valence-electron chi connectivity index (χ2n) is 9.80. The van der Waals surface area contributed by atoms with E-state index >= 15 is 0 Å². The van der Waals surface area contributed by atoms with Crippen molar-refractivity contribution >= 4 is 50.8 Å². The summed E-state index contributed by atoms with van der Waals surface area (Å²) in [6.07, 6.45) is 5.55. The largest absolute Gasteiger partial charge is 0.338 e. The number of thiophene rings is 1. The van der Waals surface area contributed by atoms with Crippen molar-refractivity contribution in [3.8, 4) is 33.1 Å². The number of carbonyl (C=O) groups excluding carboxylic acids is 2. The highest BCUT2D eigenvalue weighted by Gasteiger charge is 2.17. The van der Waals surface area contributed by atoms with Crippen LogP contribution in [0.25, 0.3) is 55.2 Å². The van der Waals surface area contributed by atoms with Crippen LogP contribution in [0.4, 0.5) is 5.69 Å². The van der Waals surface area contributed by atoms with Crippen LogP contribution in [-0.4, -0.2) is 41.8 Å². The van der Waals surface area contributed by atoms with Gasteiger partial charge >= 0.3 is 0 Å². The molecule has 194 valence electrons. The van der Waals surface area contributed by atoms with Crippen molar-refractivity contribution < 1.29 is 9.59 Å². The number of hydrogen-bond acceptors (Lipinski definition) is 7. The van der Waals surface area contributed by atoms with Crippen molar-refractivity contribution in [2.24, 2.45) is 5.92 Å². The molecule has 6 heterocycles. The Morgan fingerprint density at radius 2 is 1.95 bits per heavy atom. The SMILES string of the molecule is CC(=O)c1ccc(-c2ccnc3[nH]c(-c4n[nH]c5ccc(-c6cncc(NC(=O)CC(C)C)c6)nc45)cc23)s1. The van der Waals surface area contributed by atoms with Gasteiger partial charge in [-0.2, -0.15) is 5.10 Å². The molecule has 0 bridgehead atoms. The Balaban J connectivity index is 1.37. The van der Waals surface area contributed by atoms with Gasteiger partial charge in [-0.15, -0.1) is 11.3 Å². The fraction of sp³-hybridized carbons (Fsp3) is 0.172. The molecule has 6 aromatic rings. The fourth-order valence-corrected chi connectivity index (χ4v) is 5.46. The highest BCUT2D eigenvalue weighted by atomic mass is 32.1. The van der Waals surface area contributed by atoms with Crippen molar-refractivity contribution in [2.75, 3.05) is 5.32 Å². The lowest BCUT2D eigenvalue weighted by Gasteiger charge is -2.08. The van der Waals surface area contributed by atoms with Crippen LogP contribution >= 0.6 is 11.3 Å². The summed E-state index contributed by atoms with van der Waals surface area (Å²) in [7, 11) is 0. The lowest BCUT2D eigenvalue weighted by Crippen LogP contribution is -2.13. The molecule has 0 saturated heterocycles. The lowest BCUT2D eigenvalue weighted by molar-refractivity contribution is -0.116. The summed E-state index contributed by atoms with van der Waals surface area (Å²) in [5, 5.41) is 11.5. The average molecular weight is 536 g/mol. The van der Waals surface area contributed by atoms with Gasteiger partial charge in [-0.05, 0) is 55.3 Å². The van der Waals surface area contributed by atoms with E-state index in [-0.39, 0.29) is 17.6 Å². The van der Waals surface area contributed by atoms with E-state index in [1.165, 1.54) is 11.3 Å². The molecule has 0 atom stereocenters. The van der Waals surface area contributed by atoms with Gasteiger partial charge in [0.2, 0.25) is 5.91 Å². The standard InChI is InChI=1S/C29H25N7O2S/c1-15(2)10-26(38)32-18-11-17(13-30-14-18)21-4-5-22-27(33-21)28(36-35-22)23-12-20-19(8-9-31-29(20)34-23)25-7-6-24(39-25)16(3)37/h4-9,11-15H,10H2,1-3H3,(H,31,34)(H,32,38)(H,35,36). The number of hydrogen-bond donors (Lipinski definition) is 3. The molecule has 0 saturated carbocycles. The maximum absolute atomic E-state index is 12.2. The lowest BCUT2D eigenvalue weighted by atomic mass is 10.1. The number of aromatic amines is 2. The number of aromatic nitrogens is 6. The highest BCUT2D eigenvalue weighted by molar-refractivity contribution is 7.17. The number of H-pyrrole nitrogens is 2. The average Bonchev–Trinajstić information content (AvgIpc) is 3.65. The zero-order valence-corrected chi connectivity index (χ0v) is 22.4. The number of nitrogens with zero attached hydrogens (tertiary/aromatic N) is 4. The minimum atomic E-state index is -0.0451. The number of rotatable bonds is 7. The first-order valence-corrected chi connectivity index (χ1v) is 13.4. The Hall–Kier alpha value is -4.70. The molecule has 9 nitrogen and oxygen atoms in total. The van der Waals surface area contributed by atoms with Crippen LogP contribution in [0.2, 0.25) is 0 Å². The van der Waals surface area contributed by atoms with E-state index in [4.69, 9.17) is 4.98 Å². The van der Waals surface area contributed by atoms with Crippen molar-refractivity contribution in [2.45, 2.75) is 27.2 Å². The normalized spacial score (nSPS) is 11.5. The molecule has 0 radical (unpaired) electrons. The number of pyridine rings is 3. The molecule has 0 unspecified atom stereocenters. The summed E-state index contributed by atoms with van der Waals surface area (Å²) >= 11 is 1.47. The van der Waals surface area contributed by atoms with Crippen LogP contribution in [0.5, 0.6) is 0 Å². The molecule has 39 heavy (non-hydrogen) atoms. The van der Waals surface area contributed by atoms with Gasteiger partial charge in [0, 0.05) is 40.2 Å². The van der Waals surface area contributed by atoms with E-state index in [0.717, 1.165) is 43.1 Å². The van der Waals surface area contributed by atoms with Crippen LogP contribution < -0.4 is 5.32 Å². The zero-order valence-electron chi connectivity index (χ0n) is 21.6. The topological polar surface area (TPSA) is 129 Å². The first-order valence-electron chi connectivity index (χ1n) is 12.6. The molecule has 1 amide bonds. The molecule has 0 fully saturated rings. The van der Waals surface area contributed by atoms with Crippen LogP contribution in [0, 0.1) is 5.92 Å². The molecule has 0 aromatic carbocycles. The molecule has 6 aromatic heterocycles. The van der Waals surface area contributed by atoms with Gasteiger partial charge in [-0.3, -0.25) is 19.7 Å². The summed E-state index contributed by atoms with van der Waals surface area (Å²) in [4.78, 5) is 42.9. The fourth-order valence-electron chi connectivity index (χ4n) is 4.52.